The monoisotopic (exact) mass is 384 g/mol. The third-order valence-electron chi connectivity index (χ3n) is 4.73. The molecule has 6 nitrogen and oxygen atoms in total. The Kier molecular flexibility index (Phi) is 4.87. The van der Waals surface area contributed by atoms with Gasteiger partial charge in [-0.1, -0.05) is 35.5 Å². The summed E-state index contributed by atoms with van der Waals surface area (Å²) >= 11 is 0. The molecule has 0 amide bonds. The number of halogens is 2. The summed E-state index contributed by atoms with van der Waals surface area (Å²) in [5.41, 5.74) is 1.50. The number of hydrogen-bond acceptors (Lipinski definition) is 6. The van der Waals surface area contributed by atoms with Crippen LogP contribution in [0.3, 0.4) is 0 Å². The van der Waals surface area contributed by atoms with Crippen LogP contribution >= 0.6 is 0 Å². The number of hydrazone groups is 1. The van der Waals surface area contributed by atoms with Crippen molar-refractivity contribution in [2.45, 2.75) is 26.0 Å². The fourth-order valence-corrected chi connectivity index (χ4v) is 3.28. The molecule has 0 fully saturated rings. The maximum atomic E-state index is 13.9. The molecule has 1 atom stereocenters. The van der Waals surface area contributed by atoms with Crippen LogP contribution in [0.1, 0.15) is 36.4 Å². The maximum absolute atomic E-state index is 13.9. The molecule has 0 radical (unpaired) electrons. The van der Waals surface area contributed by atoms with Crippen molar-refractivity contribution in [3.8, 4) is 11.4 Å². The lowest BCUT2D eigenvalue weighted by atomic mass is 10.0. The van der Waals surface area contributed by atoms with Gasteiger partial charge < -0.3 is 9.63 Å². The largest absolute Gasteiger partial charge is 0.391 e. The van der Waals surface area contributed by atoms with Crippen molar-refractivity contribution in [1.82, 2.24) is 15.1 Å². The summed E-state index contributed by atoms with van der Waals surface area (Å²) in [6.45, 7) is 2.00. The highest BCUT2D eigenvalue weighted by atomic mass is 19.1. The van der Waals surface area contributed by atoms with Gasteiger partial charge in [0.15, 0.2) is 0 Å². The van der Waals surface area contributed by atoms with Crippen molar-refractivity contribution in [2.24, 2.45) is 5.10 Å². The fraction of sp³-hybridized carbons (Fsp3) is 0.250. The van der Waals surface area contributed by atoms with E-state index < -0.39 is 23.8 Å². The number of hydrogen-bond donors (Lipinski definition) is 1. The first-order valence-electron chi connectivity index (χ1n) is 8.93. The SMILES string of the molecule is CCN1N=C(c2nc(-c3cc(F)c(CO)c(F)c3)no2)CC1c1ccccc1. The van der Waals surface area contributed by atoms with Crippen molar-refractivity contribution < 1.29 is 18.4 Å². The average molecular weight is 384 g/mol. The summed E-state index contributed by atoms with van der Waals surface area (Å²) in [7, 11) is 0. The molecule has 4 rings (SSSR count). The van der Waals surface area contributed by atoms with Gasteiger partial charge in [0.05, 0.1) is 12.6 Å². The van der Waals surface area contributed by atoms with Crippen molar-refractivity contribution >= 4 is 5.71 Å². The average Bonchev–Trinajstić information content (AvgIpc) is 3.35. The smallest absolute Gasteiger partial charge is 0.274 e. The first-order valence-corrected chi connectivity index (χ1v) is 8.93. The maximum Gasteiger partial charge on any atom is 0.274 e. The van der Waals surface area contributed by atoms with Crippen LogP contribution < -0.4 is 0 Å². The number of rotatable bonds is 5. The molecule has 0 bridgehead atoms. The van der Waals surface area contributed by atoms with Crippen LogP contribution in [-0.2, 0) is 6.61 Å². The molecular formula is C20H18F2N4O2. The third kappa shape index (κ3) is 3.27. The lowest BCUT2D eigenvalue weighted by Crippen LogP contribution is -2.18. The van der Waals surface area contributed by atoms with Gasteiger partial charge in [-0.25, -0.2) is 8.78 Å². The van der Waals surface area contributed by atoms with Gasteiger partial charge >= 0.3 is 0 Å². The first kappa shape index (κ1) is 18.2. The minimum atomic E-state index is -0.858. The van der Waals surface area contributed by atoms with Crippen molar-refractivity contribution in [2.75, 3.05) is 6.54 Å². The summed E-state index contributed by atoms with van der Waals surface area (Å²) in [5, 5.41) is 19.4. The summed E-state index contributed by atoms with van der Waals surface area (Å²) in [6, 6.07) is 12.2. The highest BCUT2D eigenvalue weighted by Crippen LogP contribution is 2.32. The van der Waals surface area contributed by atoms with Gasteiger partial charge in [-0.15, -0.1) is 0 Å². The second-order valence-corrected chi connectivity index (χ2v) is 6.43. The zero-order valence-corrected chi connectivity index (χ0v) is 15.1. The topological polar surface area (TPSA) is 74.8 Å². The quantitative estimate of drug-likeness (QED) is 0.726. The normalized spacial score (nSPS) is 16.5. The van der Waals surface area contributed by atoms with Gasteiger partial charge in [0.2, 0.25) is 5.82 Å². The molecule has 8 heteroatoms. The Labute approximate surface area is 160 Å². The molecule has 2 heterocycles. The predicted octanol–water partition coefficient (Wildman–Crippen LogP) is 3.68. The highest BCUT2D eigenvalue weighted by molar-refractivity contribution is 5.98. The van der Waals surface area contributed by atoms with Crippen LogP contribution in [0.4, 0.5) is 8.78 Å². The van der Waals surface area contributed by atoms with Crippen LogP contribution in [0.2, 0.25) is 0 Å². The Bertz CT molecular complexity index is 997. The zero-order chi connectivity index (χ0) is 19.7. The minimum absolute atomic E-state index is 0.0613. The molecule has 0 saturated heterocycles. The minimum Gasteiger partial charge on any atom is -0.391 e. The Morgan fingerprint density at radius 1 is 1.18 bits per heavy atom. The molecule has 1 unspecified atom stereocenters. The van der Waals surface area contributed by atoms with E-state index in [0.717, 1.165) is 17.7 Å². The molecule has 1 aromatic heterocycles. The standard InChI is InChI=1S/C20H18F2N4O2/c1-2-26-18(12-6-4-3-5-7-12)10-17(24-26)20-23-19(25-28-20)13-8-15(21)14(11-27)16(22)9-13/h3-9,18,27H,2,10-11H2,1H3. The molecule has 1 aliphatic rings. The lowest BCUT2D eigenvalue weighted by molar-refractivity contribution is 0.246. The Morgan fingerprint density at radius 2 is 1.89 bits per heavy atom. The Balaban J connectivity index is 1.61. The number of benzene rings is 2. The summed E-state index contributed by atoms with van der Waals surface area (Å²) in [6.07, 6.45) is 0.589. The number of aliphatic hydroxyl groups excluding tert-OH is 1. The number of aromatic nitrogens is 2. The predicted molar refractivity (Wildman–Crippen MR) is 98.3 cm³/mol. The van der Waals surface area contributed by atoms with Crippen LogP contribution in [-0.4, -0.2) is 32.5 Å². The van der Waals surface area contributed by atoms with E-state index in [2.05, 4.69) is 15.2 Å². The highest BCUT2D eigenvalue weighted by Gasteiger charge is 2.30. The molecular weight excluding hydrogens is 366 g/mol. The fourth-order valence-electron chi connectivity index (χ4n) is 3.28. The van der Waals surface area contributed by atoms with Crippen LogP contribution in [0, 0.1) is 11.6 Å². The number of nitrogens with zero attached hydrogens (tertiary/aromatic N) is 4. The summed E-state index contributed by atoms with van der Waals surface area (Å²) in [5.74, 6) is -1.43. The van der Waals surface area contributed by atoms with Gasteiger partial charge in [-0.3, -0.25) is 5.01 Å². The Hall–Kier alpha value is -3.13. The number of aliphatic hydroxyl groups is 1. The second kappa shape index (κ2) is 7.47. The van der Waals surface area contributed by atoms with E-state index in [1.165, 1.54) is 0 Å². The van der Waals surface area contributed by atoms with Gasteiger partial charge in [-0.2, -0.15) is 10.1 Å². The van der Waals surface area contributed by atoms with Crippen molar-refractivity contribution in [3.63, 3.8) is 0 Å². The molecule has 0 saturated carbocycles. The van der Waals surface area contributed by atoms with Gasteiger partial charge in [-0.05, 0) is 24.6 Å². The van der Waals surface area contributed by atoms with E-state index >= 15 is 0 Å². The molecule has 144 valence electrons. The van der Waals surface area contributed by atoms with E-state index in [0.29, 0.717) is 18.7 Å². The first-order chi connectivity index (χ1) is 13.6. The molecule has 1 N–H and O–H groups in total. The Morgan fingerprint density at radius 3 is 2.54 bits per heavy atom. The lowest BCUT2D eigenvalue weighted by Gasteiger charge is -2.21. The van der Waals surface area contributed by atoms with E-state index in [-0.39, 0.29) is 23.3 Å². The molecule has 28 heavy (non-hydrogen) atoms. The molecule has 0 spiro atoms. The van der Waals surface area contributed by atoms with Crippen LogP contribution in [0.5, 0.6) is 0 Å². The third-order valence-corrected chi connectivity index (χ3v) is 4.73. The van der Waals surface area contributed by atoms with Crippen molar-refractivity contribution in [1.29, 1.82) is 0 Å². The molecule has 1 aliphatic heterocycles. The van der Waals surface area contributed by atoms with E-state index in [1.807, 2.05) is 42.3 Å². The van der Waals surface area contributed by atoms with E-state index in [4.69, 9.17) is 9.63 Å². The van der Waals surface area contributed by atoms with E-state index in [1.54, 1.807) is 0 Å². The van der Waals surface area contributed by atoms with Crippen molar-refractivity contribution in [3.05, 3.63) is 71.1 Å². The zero-order valence-electron chi connectivity index (χ0n) is 15.1. The summed E-state index contributed by atoms with van der Waals surface area (Å²) < 4.78 is 33.2. The molecule has 3 aromatic rings. The molecule has 0 aliphatic carbocycles. The van der Waals surface area contributed by atoms with Gasteiger partial charge in [0, 0.05) is 24.1 Å². The molecule has 2 aromatic carbocycles. The van der Waals surface area contributed by atoms with E-state index in [9.17, 15) is 8.78 Å². The summed E-state index contributed by atoms with van der Waals surface area (Å²) in [4.78, 5) is 4.27. The van der Waals surface area contributed by atoms with Crippen LogP contribution in [0.25, 0.3) is 11.4 Å². The van der Waals surface area contributed by atoms with Crippen LogP contribution in [0.15, 0.2) is 52.1 Å². The van der Waals surface area contributed by atoms with Gasteiger partial charge in [0.25, 0.3) is 5.89 Å². The second-order valence-electron chi connectivity index (χ2n) is 6.43. The van der Waals surface area contributed by atoms with Gasteiger partial charge in [0.1, 0.15) is 17.3 Å².